The highest BCUT2D eigenvalue weighted by atomic mass is 16.4. The Morgan fingerprint density at radius 2 is 1.43 bits per heavy atom. The molecule has 0 saturated carbocycles. The quantitative estimate of drug-likeness (QED) is 0.269. The molecule has 4 bridgehead atoms. The molecule has 0 unspecified atom stereocenters. The van der Waals surface area contributed by atoms with Crippen molar-refractivity contribution < 1.29 is 40.1 Å². The lowest BCUT2D eigenvalue weighted by atomic mass is 9.61. The summed E-state index contributed by atoms with van der Waals surface area (Å²) in [6.07, 6.45) is -6.24. The molecule has 0 aromatic rings. The lowest BCUT2D eigenvalue weighted by Gasteiger charge is -2.59. The van der Waals surface area contributed by atoms with Crippen LogP contribution in [0.2, 0.25) is 0 Å². The molecule has 132 valence electrons. The van der Waals surface area contributed by atoms with Crippen molar-refractivity contribution in [3.8, 4) is 0 Å². The van der Waals surface area contributed by atoms with Gasteiger partial charge in [-0.3, -0.25) is 14.6 Å². The van der Waals surface area contributed by atoms with Crippen molar-refractivity contribution in [3.63, 3.8) is 0 Å². The number of carbonyl (C=O) groups is 1. The number of aliphatic hydroxyl groups excluding tert-OH is 5. The van der Waals surface area contributed by atoms with E-state index in [0.29, 0.717) is 32.0 Å². The van der Waals surface area contributed by atoms with Crippen LogP contribution in [0.25, 0.3) is 0 Å². The Morgan fingerprint density at radius 1 is 1.00 bits per heavy atom. The van der Waals surface area contributed by atoms with E-state index in [1.54, 1.807) is 0 Å². The lowest BCUT2D eigenvalue weighted by Crippen LogP contribution is -3.46. The maximum Gasteiger partial charge on any atom is 0.242 e. The number of carbonyl (C=O) groups excluding carboxylic acids is 1. The molecule has 0 spiro atoms. The molecule has 4 rings (SSSR count). The SMILES string of the molecule is CC12C[NH+]3CC(C)(C[NH+](C1)C3[C@H](O)[C@H](O)[C@H](O)[C@H](O)CO)C2=O. The fraction of sp³-hybridized carbons (Fsp3) is 0.933. The van der Waals surface area contributed by atoms with Crippen LogP contribution in [-0.4, -0.2) is 94.7 Å². The summed E-state index contributed by atoms with van der Waals surface area (Å²) >= 11 is 0. The molecule has 4 atom stereocenters. The molecule has 0 radical (unpaired) electrons. The molecule has 8 heteroatoms. The predicted molar refractivity (Wildman–Crippen MR) is 77.5 cm³/mol. The highest BCUT2D eigenvalue weighted by molar-refractivity contribution is 5.91. The van der Waals surface area contributed by atoms with Crippen LogP contribution in [0.5, 0.6) is 0 Å². The van der Waals surface area contributed by atoms with E-state index in [1.807, 2.05) is 13.8 Å². The Balaban J connectivity index is 1.80. The minimum absolute atomic E-state index is 0.293. The smallest absolute Gasteiger partial charge is 0.242 e. The highest BCUT2D eigenvalue weighted by Gasteiger charge is 2.69. The maximum absolute atomic E-state index is 12.6. The van der Waals surface area contributed by atoms with Crippen LogP contribution in [0.3, 0.4) is 0 Å². The molecule has 0 aromatic heterocycles. The van der Waals surface area contributed by atoms with Crippen molar-refractivity contribution in [1.29, 1.82) is 0 Å². The highest BCUT2D eigenvalue weighted by Crippen LogP contribution is 2.34. The molecule has 23 heavy (non-hydrogen) atoms. The standard InChI is InChI=1S/C15H26N2O6/c1-14-4-16-6-15(2,13(14)23)7-17(5-14)12(16)11(22)10(21)9(20)8(19)3-18/h8-12,18-22H,3-7H2,1-2H3/p+2/t8-,9-,10-,11-,12?,14?,15?/m1/s1. The first-order valence-electron chi connectivity index (χ1n) is 8.20. The summed E-state index contributed by atoms with van der Waals surface area (Å²) < 4.78 is 0. The summed E-state index contributed by atoms with van der Waals surface area (Å²) in [7, 11) is 0. The lowest BCUT2D eigenvalue weighted by molar-refractivity contribution is -1.17. The largest absolute Gasteiger partial charge is 0.394 e. The molecule has 4 aliphatic heterocycles. The average Bonchev–Trinajstić information content (AvgIpc) is 2.48. The van der Waals surface area contributed by atoms with E-state index in [-0.39, 0.29) is 6.17 Å². The monoisotopic (exact) mass is 332 g/mol. The van der Waals surface area contributed by atoms with E-state index in [9.17, 15) is 25.2 Å². The van der Waals surface area contributed by atoms with Crippen molar-refractivity contribution >= 4 is 5.78 Å². The number of ketones is 1. The van der Waals surface area contributed by atoms with E-state index in [0.717, 1.165) is 9.80 Å². The van der Waals surface area contributed by atoms with E-state index in [4.69, 9.17) is 5.11 Å². The van der Waals surface area contributed by atoms with Gasteiger partial charge in [0.25, 0.3) is 0 Å². The average molecular weight is 332 g/mol. The number of quaternary nitrogens is 2. The molecule has 4 aliphatic rings. The van der Waals surface area contributed by atoms with Crippen LogP contribution in [0, 0.1) is 10.8 Å². The van der Waals surface area contributed by atoms with Gasteiger partial charge in [0.2, 0.25) is 6.17 Å². The zero-order chi connectivity index (χ0) is 17.2. The van der Waals surface area contributed by atoms with E-state index >= 15 is 0 Å². The number of aliphatic hydroxyl groups is 5. The number of Topliss-reactive ketones (excluding diaryl/α,β-unsaturated/α-hetero) is 1. The molecule has 4 saturated heterocycles. The second-order valence-corrected chi connectivity index (χ2v) is 8.17. The molecule has 4 heterocycles. The molecular formula is C15H28N2O6+2. The maximum atomic E-state index is 12.6. The summed E-state index contributed by atoms with van der Waals surface area (Å²) in [5.74, 6) is 0.293. The minimum Gasteiger partial charge on any atom is -0.394 e. The predicted octanol–water partition coefficient (Wildman–Crippen LogP) is -5.86. The van der Waals surface area contributed by atoms with Gasteiger partial charge in [0.1, 0.15) is 29.1 Å². The number of rotatable bonds is 5. The van der Waals surface area contributed by atoms with Gasteiger partial charge in [-0.25, -0.2) is 0 Å². The van der Waals surface area contributed by atoms with Gasteiger partial charge in [-0.15, -0.1) is 0 Å². The van der Waals surface area contributed by atoms with E-state index < -0.39 is 41.9 Å². The van der Waals surface area contributed by atoms with Gasteiger partial charge in [0.05, 0.1) is 32.8 Å². The van der Waals surface area contributed by atoms with Crippen LogP contribution in [0.1, 0.15) is 13.8 Å². The van der Waals surface area contributed by atoms with Crippen molar-refractivity contribution in [1.82, 2.24) is 0 Å². The first-order chi connectivity index (χ1) is 10.6. The number of hydrogen-bond donors (Lipinski definition) is 7. The van der Waals surface area contributed by atoms with E-state index in [1.165, 1.54) is 0 Å². The molecule has 0 aromatic carbocycles. The number of piperidine rings is 2. The first-order valence-corrected chi connectivity index (χ1v) is 8.20. The zero-order valence-electron chi connectivity index (χ0n) is 13.6. The molecular weight excluding hydrogens is 304 g/mol. The van der Waals surface area contributed by atoms with Crippen LogP contribution in [-0.2, 0) is 4.79 Å². The van der Waals surface area contributed by atoms with Gasteiger partial charge in [0.15, 0.2) is 11.9 Å². The van der Waals surface area contributed by atoms with Gasteiger partial charge >= 0.3 is 0 Å². The van der Waals surface area contributed by atoms with Gasteiger partial charge in [-0.2, -0.15) is 0 Å². The molecule has 8 nitrogen and oxygen atoms in total. The summed E-state index contributed by atoms with van der Waals surface area (Å²) in [4.78, 5) is 14.7. The fourth-order valence-corrected chi connectivity index (χ4v) is 5.25. The van der Waals surface area contributed by atoms with Crippen LogP contribution >= 0.6 is 0 Å². The third kappa shape index (κ3) is 2.44. The van der Waals surface area contributed by atoms with Crippen molar-refractivity contribution in [2.75, 3.05) is 32.8 Å². The van der Waals surface area contributed by atoms with Gasteiger partial charge in [0, 0.05) is 0 Å². The van der Waals surface area contributed by atoms with Gasteiger partial charge < -0.3 is 25.5 Å². The van der Waals surface area contributed by atoms with Gasteiger partial charge in [-0.05, 0) is 13.8 Å². The van der Waals surface area contributed by atoms with Crippen LogP contribution in [0.4, 0.5) is 0 Å². The topological polar surface area (TPSA) is 127 Å². The van der Waals surface area contributed by atoms with Crippen LogP contribution < -0.4 is 9.80 Å². The minimum atomic E-state index is -1.61. The van der Waals surface area contributed by atoms with Crippen molar-refractivity contribution in [3.05, 3.63) is 0 Å². The molecule has 0 amide bonds. The molecule has 4 fully saturated rings. The van der Waals surface area contributed by atoms with Crippen molar-refractivity contribution in [2.45, 2.75) is 44.4 Å². The Kier molecular flexibility index (Phi) is 4.08. The number of hydrogen-bond acceptors (Lipinski definition) is 6. The van der Waals surface area contributed by atoms with Crippen LogP contribution in [0.15, 0.2) is 0 Å². The second-order valence-electron chi connectivity index (χ2n) is 8.17. The first kappa shape index (κ1) is 17.2. The summed E-state index contributed by atoms with van der Waals surface area (Å²) in [6.45, 7) is 5.68. The fourth-order valence-electron chi connectivity index (χ4n) is 5.25. The van der Waals surface area contributed by atoms with Crippen molar-refractivity contribution in [2.24, 2.45) is 10.8 Å². The third-order valence-corrected chi connectivity index (χ3v) is 6.07. The second kappa shape index (κ2) is 5.45. The third-order valence-electron chi connectivity index (χ3n) is 6.07. The summed E-state index contributed by atoms with van der Waals surface area (Å²) in [5, 5.41) is 49.0. The Bertz CT molecular complexity index is 460. The molecule has 7 N–H and O–H groups in total. The Labute approximate surface area is 134 Å². The Morgan fingerprint density at radius 3 is 1.83 bits per heavy atom. The summed E-state index contributed by atoms with van der Waals surface area (Å²) in [5.41, 5.74) is -0.805. The zero-order valence-corrected chi connectivity index (χ0v) is 13.6. The van der Waals surface area contributed by atoms with E-state index in [2.05, 4.69) is 0 Å². The summed E-state index contributed by atoms with van der Waals surface area (Å²) in [6, 6.07) is 0. The molecule has 0 aliphatic carbocycles. The normalized spacial score (nSPS) is 47.4. The number of nitrogens with one attached hydrogen (secondary N) is 2. The Hall–Kier alpha value is -0.610. The van der Waals surface area contributed by atoms with Gasteiger partial charge in [-0.1, -0.05) is 0 Å².